The van der Waals surface area contributed by atoms with E-state index in [4.69, 9.17) is 7.85 Å². The minimum atomic E-state index is 0.00523. The summed E-state index contributed by atoms with van der Waals surface area (Å²) >= 11 is 0. The highest BCUT2D eigenvalue weighted by Gasteiger charge is 1.98. The first-order valence-corrected chi connectivity index (χ1v) is 3.70. The maximum Gasteiger partial charge on any atom is 0.128 e. The van der Waals surface area contributed by atoms with Gasteiger partial charge in [0.05, 0.1) is 7.85 Å². The zero-order chi connectivity index (χ0) is 9.40. The quantitative estimate of drug-likeness (QED) is 0.340. The zero-order valence-corrected chi connectivity index (χ0v) is 7.29. The molecule has 62 valence electrons. The predicted octanol–water partition coefficient (Wildman–Crippen LogP) is 1.35. The summed E-state index contributed by atoms with van der Waals surface area (Å²) in [4.78, 5) is 14.7. The van der Waals surface area contributed by atoms with Gasteiger partial charge in [-0.25, -0.2) is 0 Å². The largest absolute Gasteiger partial charge is 0.300 e. The fourth-order valence-corrected chi connectivity index (χ4v) is 0.669. The van der Waals surface area contributed by atoms with Crippen LogP contribution in [0.15, 0.2) is 29.3 Å². The van der Waals surface area contributed by atoms with Crippen molar-refractivity contribution in [3.8, 4) is 0 Å². The van der Waals surface area contributed by atoms with Crippen molar-refractivity contribution in [3.05, 3.63) is 24.3 Å². The summed E-state index contributed by atoms with van der Waals surface area (Å²) in [7, 11) is 6.83. The van der Waals surface area contributed by atoms with E-state index in [1.54, 1.807) is 25.4 Å². The number of nitrogens with zero attached hydrogens (tertiary/aromatic N) is 1. The first-order valence-electron chi connectivity index (χ1n) is 3.70. The van der Waals surface area contributed by atoms with Crippen LogP contribution >= 0.6 is 0 Å². The van der Waals surface area contributed by atoms with Crippen molar-refractivity contribution in [1.29, 1.82) is 0 Å². The summed E-state index contributed by atoms with van der Waals surface area (Å²) < 4.78 is 0. The van der Waals surface area contributed by atoms with E-state index in [0.29, 0.717) is 6.42 Å². The second kappa shape index (κ2) is 6.59. The van der Waals surface area contributed by atoms with Crippen LogP contribution in [0.2, 0.25) is 6.32 Å². The number of allylic oxidation sites excluding steroid dienone is 3. The lowest BCUT2D eigenvalue weighted by molar-refractivity contribution is -0.116. The number of rotatable bonds is 5. The van der Waals surface area contributed by atoms with Crippen LogP contribution in [-0.2, 0) is 4.79 Å². The predicted molar refractivity (Wildman–Crippen MR) is 52.9 cm³/mol. The smallest absolute Gasteiger partial charge is 0.128 e. The van der Waals surface area contributed by atoms with Crippen LogP contribution in [0.5, 0.6) is 0 Å². The van der Waals surface area contributed by atoms with Gasteiger partial charge in [0, 0.05) is 19.7 Å². The molecule has 0 aromatic rings. The second-order valence-corrected chi connectivity index (χ2v) is 2.27. The van der Waals surface area contributed by atoms with Crippen molar-refractivity contribution < 1.29 is 4.79 Å². The highest BCUT2D eigenvalue weighted by molar-refractivity contribution is 6.20. The van der Waals surface area contributed by atoms with Crippen LogP contribution in [0, 0.1) is 0 Å². The van der Waals surface area contributed by atoms with Gasteiger partial charge in [0.2, 0.25) is 0 Å². The highest BCUT2D eigenvalue weighted by atomic mass is 16.1. The van der Waals surface area contributed by atoms with Crippen LogP contribution in [-0.4, -0.2) is 26.9 Å². The molecule has 0 unspecified atom stereocenters. The van der Waals surface area contributed by atoms with Crippen molar-refractivity contribution in [2.24, 2.45) is 4.99 Å². The van der Waals surface area contributed by atoms with Crippen LogP contribution in [0.3, 0.4) is 0 Å². The van der Waals surface area contributed by atoms with Gasteiger partial charge in [0.25, 0.3) is 0 Å². The molecule has 3 heteroatoms. The van der Waals surface area contributed by atoms with E-state index < -0.39 is 0 Å². The number of hydrogen-bond acceptors (Lipinski definition) is 2. The molecule has 0 aliphatic rings. The molecule has 2 nitrogen and oxygen atoms in total. The van der Waals surface area contributed by atoms with Gasteiger partial charge in [-0.05, 0) is 18.0 Å². The number of carbonyl (C=O) groups is 1. The minimum absolute atomic E-state index is 0.00523. The Morgan fingerprint density at radius 2 is 2.33 bits per heavy atom. The molecule has 0 N–H and O–H groups in total. The molecule has 0 amide bonds. The highest BCUT2D eigenvalue weighted by Crippen LogP contribution is 2.03. The Morgan fingerprint density at radius 3 is 2.75 bits per heavy atom. The van der Waals surface area contributed by atoms with E-state index >= 15 is 0 Å². The van der Waals surface area contributed by atoms with Gasteiger partial charge in [-0.1, -0.05) is 12.7 Å². The van der Waals surface area contributed by atoms with Crippen molar-refractivity contribution in [2.75, 3.05) is 7.05 Å². The molecule has 0 rings (SSSR count). The van der Waals surface area contributed by atoms with E-state index in [2.05, 4.69) is 11.6 Å². The molecule has 0 heterocycles. The number of Topliss-reactive ketones (excluding diaryl/α,β-unsaturated/α-hetero) is 1. The molecule has 2 radical (unpaired) electrons. The third-order valence-electron chi connectivity index (χ3n) is 1.33. The Hall–Kier alpha value is -1.12. The van der Waals surface area contributed by atoms with Crippen molar-refractivity contribution in [2.45, 2.75) is 12.7 Å². The lowest BCUT2D eigenvalue weighted by atomic mass is 9.96. The lowest BCUT2D eigenvalue weighted by Crippen LogP contribution is -1.97. The molecule has 0 fully saturated rings. The van der Waals surface area contributed by atoms with Gasteiger partial charge in [-0.3, -0.25) is 4.99 Å². The number of carbonyl (C=O) groups excluding carboxylic acids is 1. The molecular formula is C9H12BNO. The molecular weight excluding hydrogens is 149 g/mol. The molecule has 0 aliphatic carbocycles. The van der Waals surface area contributed by atoms with Crippen molar-refractivity contribution >= 4 is 19.8 Å². The lowest BCUT2D eigenvalue weighted by Gasteiger charge is -1.96. The molecule has 0 spiro atoms. The van der Waals surface area contributed by atoms with Gasteiger partial charge in [0.1, 0.15) is 5.78 Å². The summed E-state index contributed by atoms with van der Waals surface area (Å²) in [5.41, 5.74) is 0.844. The van der Waals surface area contributed by atoms with Gasteiger partial charge < -0.3 is 4.79 Å². The zero-order valence-electron chi connectivity index (χ0n) is 7.29. The summed E-state index contributed by atoms with van der Waals surface area (Å²) in [5.74, 6) is 0.00523. The molecule has 12 heavy (non-hydrogen) atoms. The van der Waals surface area contributed by atoms with E-state index in [0.717, 1.165) is 5.57 Å². The van der Waals surface area contributed by atoms with E-state index in [9.17, 15) is 4.79 Å². The summed E-state index contributed by atoms with van der Waals surface area (Å²) in [5, 5.41) is 0. The Bertz CT molecular complexity index is 219. The first-order chi connectivity index (χ1) is 5.74. The molecule has 0 atom stereocenters. The topological polar surface area (TPSA) is 29.4 Å². The van der Waals surface area contributed by atoms with Crippen molar-refractivity contribution in [1.82, 2.24) is 0 Å². The first kappa shape index (κ1) is 10.9. The summed E-state index contributed by atoms with van der Waals surface area (Å²) in [6, 6.07) is 0. The normalized spacial score (nSPS) is 11.9. The molecule has 0 bridgehead atoms. The average molecular weight is 161 g/mol. The third-order valence-corrected chi connectivity index (χ3v) is 1.33. The maximum absolute atomic E-state index is 10.9. The molecule has 0 saturated heterocycles. The SMILES string of the molecule is [B]CC(=O)C/C(C=C)=C/C=NC. The van der Waals surface area contributed by atoms with Gasteiger partial charge in [0.15, 0.2) is 0 Å². The minimum Gasteiger partial charge on any atom is -0.300 e. The Balaban J connectivity index is 4.17. The summed E-state index contributed by atoms with van der Waals surface area (Å²) in [6.07, 6.45) is 5.43. The number of aliphatic imine (C=N–C) groups is 1. The van der Waals surface area contributed by atoms with E-state index in [1.807, 2.05) is 0 Å². The Kier molecular flexibility index (Phi) is 5.97. The van der Waals surface area contributed by atoms with Crippen LogP contribution in [0.25, 0.3) is 0 Å². The molecule has 0 aromatic carbocycles. The van der Waals surface area contributed by atoms with E-state index in [-0.39, 0.29) is 12.1 Å². The fourth-order valence-electron chi connectivity index (χ4n) is 0.669. The molecule has 0 aromatic heterocycles. The standard InChI is InChI=1S/C9H12BNO/c1-3-8(4-5-11-2)6-9(12)7-10/h3-5H,1,6-7H2,2H3/b8-4+,11-5?. The van der Waals surface area contributed by atoms with Gasteiger partial charge in [-0.15, -0.1) is 0 Å². The fraction of sp³-hybridized carbons (Fsp3) is 0.333. The average Bonchev–Trinajstić information content (AvgIpc) is 2.11. The van der Waals surface area contributed by atoms with Gasteiger partial charge >= 0.3 is 0 Å². The molecule has 0 saturated carbocycles. The number of hydrogen-bond donors (Lipinski definition) is 0. The van der Waals surface area contributed by atoms with Crippen molar-refractivity contribution in [3.63, 3.8) is 0 Å². The summed E-state index contributed by atoms with van der Waals surface area (Å²) in [6.45, 7) is 3.58. The third kappa shape index (κ3) is 4.66. The van der Waals surface area contributed by atoms with Crippen LogP contribution in [0.1, 0.15) is 6.42 Å². The Labute approximate surface area is 74.5 Å². The Morgan fingerprint density at radius 1 is 1.67 bits per heavy atom. The van der Waals surface area contributed by atoms with Crippen LogP contribution in [0.4, 0.5) is 0 Å². The van der Waals surface area contributed by atoms with Gasteiger partial charge in [-0.2, -0.15) is 0 Å². The second-order valence-electron chi connectivity index (χ2n) is 2.27. The number of ketones is 1. The maximum atomic E-state index is 10.9. The van der Waals surface area contributed by atoms with Crippen LogP contribution < -0.4 is 0 Å². The molecule has 0 aliphatic heterocycles. The monoisotopic (exact) mass is 161 g/mol. The van der Waals surface area contributed by atoms with E-state index in [1.165, 1.54) is 0 Å².